The zero-order valence-corrected chi connectivity index (χ0v) is 19.8. The van der Waals surface area contributed by atoms with Crippen molar-refractivity contribution in [1.82, 2.24) is 30.1 Å². The van der Waals surface area contributed by atoms with Gasteiger partial charge in [0, 0.05) is 42.1 Å². The number of para-hydroxylation sites is 2. The molecule has 0 saturated carbocycles. The Morgan fingerprint density at radius 3 is 2.56 bits per heavy atom. The number of benzene rings is 2. The van der Waals surface area contributed by atoms with Gasteiger partial charge in [-0.2, -0.15) is 10.1 Å². The molecule has 0 spiro atoms. The summed E-state index contributed by atoms with van der Waals surface area (Å²) in [7, 11) is 0. The van der Waals surface area contributed by atoms with E-state index in [9.17, 15) is 0 Å². The van der Waals surface area contributed by atoms with Crippen molar-refractivity contribution in [1.29, 1.82) is 0 Å². The number of aromatic nitrogens is 6. The molecule has 5 aromatic rings. The van der Waals surface area contributed by atoms with Gasteiger partial charge in [0.25, 0.3) is 0 Å². The lowest BCUT2D eigenvalue weighted by Crippen LogP contribution is -2.36. The first-order valence-electron chi connectivity index (χ1n) is 11.8. The molecule has 0 unspecified atom stereocenters. The number of anilines is 5. The van der Waals surface area contributed by atoms with Gasteiger partial charge in [0.15, 0.2) is 5.82 Å². The van der Waals surface area contributed by atoms with E-state index in [-0.39, 0.29) is 0 Å². The molecule has 1 fully saturated rings. The van der Waals surface area contributed by atoms with Gasteiger partial charge >= 0.3 is 0 Å². The van der Waals surface area contributed by atoms with Crippen molar-refractivity contribution in [2.24, 2.45) is 0 Å². The van der Waals surface area contributed by atoms with E-state index in [1.54, 1.807) is 12.4 Å². The van der Waals surface area contributed by atoms with Gasteiger partial charge in [0.1, 0.15) is 11.6 Å². The fraction of sp³-hybridized carbons (Fsp3) is 0.192. The first-order chi connectivity index (χ1) is 17.7. The minimum absolute atomic E-state index is 0.494. The monoisotopic (exact) mass is 479 g/mol. The van der Waals surface area contributed by atoms with Gasteiger partial charge in [-0.05, 0) is 37.3 Å². The maximum absolute atomic E-state index is 5.50. The van der Waals surface area contributed by atoms with Crippen LogP contribution in [0.1, 0.15) is 5.69 Å². The molecule has 1 saturated heterocycles. The lowest BCUT2D eigenvalue weighted by atomic mass is 10.1. The van der Waals surface area contributed by atoms with Crippen molar-refractivity contribution in [3.05, 3.63) is 72.7 Å². The number of morpholine rings is 1. The summed E-state index contributed by atoms with van der Waals surface area (Å²) < 4.78 is 5.50. The van der Waals surface area contributed by atoms with Crippen LogP contribution in [0.15, 0.2) is 67.0 Å². The molecule has 6 rings (SSSR count). The van der Waals surface area contributed by atoms with E-state index < -0.39 is 0 Å². The number of nitrogens with zero attached hydrogens (tertiary/aromatic N) is 6. The Kier molecular flexibility index (Phi) is 5.84. The van der Waals surface area contributed by atoms with Crippen LogP contribution in [-0.4, -0.2) is 56.4 Å². The van der Waals surface area contributed by atoms with Crippen LogP contribution < -0.4 is 15.5 Å². The Balaban J connectivity index is 1.24. The normalized spacial score (nSPS) is 13.6. The lowest BCUT2D eigenvalue weighted by molar-refractivity contribution is 0.123. The second-order valence-electron chi connectivity index (χ2n) is 8.45. The number of hydrogen-bond donors (Lipinski definition) is 3. The van der Waals surface area contributed by atoms with Gasteiger partial charge in [0.05, 0.1) is 30.1 Å². The third-order valence-corrected chi connectivity index (χ3v) is 6.07. The maximum atomic E-state index is 5.50. The van der Waals surface area contributed by atoms with Crippen LogP contribution in [0.5, 0.6) is 0 Å². The van der Waals surface area contributed by atoms with Crippen molar-refractivity contribution in [2.75, 3.05) is 41.8 Å². The summed E-state index contributed by atoms with van der Waals surface area (Å²) in [5.74, 6) is 2.37. The molecule has 0 amide bonds. The van der Waals surface area contributed by atoms with Gasteiger partial charge in [-0.1, -0.05) is 24.3 Å². The van der Waals surface area contributed by atoms with Crippen LogP contribution in [0.2, 0.25) is 0 Å². The van der Waals surface area contributed by atoms with Crippen molar-refractivity contribution in [2.45, 2.75) is 6.92 Å². The van der Waals surface area contributed by atoms with Crippen LogP contribution in [0, 0.1) is 6.92 Å². The number of ether oxygens (including phenoxy) is 1. The second kappa shape index (κ2) is 9.59. The summed E-state index contributed by atoms with van der Waals surface area (Å²) >= 11 is 0. The number of H-pyrrole nitrogens is 1. The molecule has 1 aliphatic rings. The summed E-state index contributed by atoms with van der Waals surface area (Å²) in [5, 5.41) is 15.0. The largest absolute Gasteiger partial charge is 0.378 e. The molecule has 2 aromatic carbocycles. The van der Waals surface area contributed by atoms with Crippen LogP contribution >= 0.6 is 0 Å². The summed E-state index contributed by atoms with van der Waals surface area (Å²) in [6.45, 7) is 5.14. The second-order valence-corrected chi connectivity index (χ2v) is 8.45. The van der Waals surface area contributed by atoms with Crippen LogP contribution in [0.3, 0.4) is 0 Å². The quantitative estimate of drug-likeness (QED) is 0.325. The van der Waals surface area contributed by atoms with Gasteiger partial charge < -0.3 is 20.3 Å². The molecule has 0 bridgehead atoms. The van der Waals surface area contributed by atoms with Gasteiger partial charge in [-0.25, -0.2) is 15.0 Å². The lowest BCUT2D eigenvalue weighted by Gasteiger charge is -2.30. The van der Waals surface area contributed by atoms with Gasteiger partial charge in [0.2, 0.25) is 5.95 Å². The number of aromatic amines is 1. The van der Waals surface area contributed by atoms with Crippen molar-refractivity contribution < 1.29 is 4.74 Å². The average Bonchev–Trinajstić information content (AvgIpc) is 3.31. The van der Waals surface area contributed by atoms with Crippen LogP contribution in [0.25, 0.3) is 22.3 Å². The van der Waals surface area contributed by atoms with Gasteiger partial charge in [-0.15, -0.1) is 0 Å². The number of nitrogens with one attached hydrogen (secondary N) is 3. The fourth-order valence-corrected chi connectivity index (χ4v) is 4.37. The van der Waals surface area contributed by atoms with Crippen LogP contribution in [-0.2, 0) is 4.74 Å². The third-order valence-electron chi connectivity index (χ3n) is 6.07. The highest BCUT2D eigenvalue weighted by molar-refractivity contribution is 5.94. The van der Waals surface area contributed by atoms with Crippen molar-refractivity contribution in [3.63, 3.8) is 0 Å². The van der Waals surface area contributed by atoms with Crippen LogP contribution in [0.4, 0.5) is 29.0 Å². The zero-order valence-electron chi connectivity index (χ0n) is 19.8. The Hall–Kier alpha value is -4.57. The smallest absolute Gasteiger partial charge is 0.229 e. The average molecular weight is 480 g/mol. The number of aryl methyl sites for hydroxylation is 1. The molecule has 4 heterocycles. The Morgan fingerprint density at radius 2 is 1.67 bits per heavy atom. The van der Waals surface area contributed by atoms with Crippen molar-refractivity contribution in [3.8, 4) is 11.4 Å². The number of hydrogen-bond acceptors (Lipinski definition) is 9. The van der Waals surface area contributed by atoms with Gasteiger partial charge in [-0.3, -0.25) is 5.10 Å². The Bertz CT molecular complexity index is 1510. The van der Waals surface area contributed by atoms with E-state index >= 15 is 0 Å². The molecular formula is C26H25N9O. The van der Waals surface area contributed by atoms with E-state index in [2.05, 4.69) is 46.7 Å². The number of rotatable bonds is 6. The molecule has 3 N–H and O–H groups in total. The molecule has 10 heteroatoms. The minimum Gasteiger partial charge on any atom is -0.378 e. The molecule has 36 heavy (non-hydrogen) atoms. The zero-order chi connectivity index (χ0) is 24.3. The fourth-order valence-electron chi connectivity index (χ4n) is 4.37. The molecule has 1 aliphatic heterocycles. The molecule has 0 aliphatic carbocycles. The SMILES string of the molecule is Cc1[nH]nc2cccc(-c3nccc(Nc4ccnc(Nc5ccccc5N5CCOCC5)n4)n3)c12. The van der Waals surface area contributed by atoms with E-state index in [1.807, 2.05) is 55.5 Å². The summed E-state index contributed by atoms with van der Waals surface area (Å²) in [4.78, 5) is 20.6. The molecular weight excluding hydrogens is 454 g/mol. The molecule has 10 nitrogen and oxygen atoms in total. The molecule has 0 atom stereocenters. The molecule has 180 valence electrons. The first kappa shape index (κ1) is 21.9. The highest BCUT2D eigenvalue weighted by Crippen LogP contribution is 2.30. The maximum Gasteiger partial charge on any atom is 0.229 e. The summed E-state index contributed by atoms with van der Waals surface area (Å²) in [5.41, 5.74) is 4.84. The highest BCUT2D eigenvalue weighted by Gasteiger charge is 2.15. The topological polar surface area (TPSA) is 117 Å². The first-order valence-corrected chi connectivity index (χ1v) is 11.8. The van der Waals surface area contributed by atoms with E-state index in [4.69, 9.17) is 9.72 Å². The predicted octanol–water partition coefficient (Wildman–Crippen LogP) is 4.44. The van der Waals surface area contributed by atoms with E-state index in [0.717, 1.165) is 59.8 Å². The molecule has 0 radical (unpaired) electrons. The summed E-state index contributed by atoms with van der Waals surface area (Å²) in [6.07, 6.45) is 3.45. The van der Waals surface area contributed by atoms with E-state index in [0.29, 0.717) is 23.4 Å². The Labute approximate surface area is 207 Å². The molecule has 3 aromatic heterocycles. The third kappa shape index (κ3) is 4.41. The standard InChI is InChI=1S/C26H25N9O/c1-17-24-18(5-4-7-20(24)34-33-17)25-27-11-9-22(31-25)30-23-10-12-28-26(32-23)29-19-6-2-3-8-21(19)35-13-15-36-16-14-35/h2-12H,13-16H2,1H3,(H,33,34)(H2,27,28,29,30,31,32). The van der Waals surface area contributed by atoms with Crippen molar-refractivity contribution >= 4 is 39.9 Å². The highest BCUT2D eigenvalue weighted by atomic mass is 16.5. The number of fused-ring (bicyclic) bond motifs is 1. The minimum atomic E-state index is 0.494. The predicted molar refractivity (Wildman–Crippen MR) is 140 cm³/mol. The summed E-state index contributed by atoms with van der Waals surface area (Å²) in [6, 6.07) is 17.7. The van der Waals surface area contributed by atoms with E-state index in [1.165, 1.54) is 0 Å². The Morgan fingerprint density at radius 1 is 0.861 bits per heavy atom.